The van der Waals surface area contributed by atoms with E-state index in [1.165, 1.54) is 39.0 Å². The summed E-state index contributed by atoms with van der Waals surface area (Å²) in [5.74, 6) is 2.53. The van der Waals surface area contributed by atoms with Gasteiger partial charge in [0.1, 0.15) is 6.10 Å². The zero-order valence-corrected chi connectivity index (χ0v) is 15.3. The predicted octanol–water partition coefficient (Wildman–Crippen LogP) is 4.10. The minimum Gasteiger partial charge on any atom is -0.460 e. The van der Waals surface area contributed by atoms with Crippen LogP contribution >= 0.6 is 0 Å². The molecule has 0 bridgehead atoms. The molecule has 6 unspecified atom stereocenters. The first-order valence-corrected chi connectivity index (χ1v) is 9.86. The largest absolute Gasteiger partial charge is 0.460 e. The Labute approximate surface area is 145 Å². The van der Waals surface area contributed by atoms with Crippen molar-refractivity contribution in [1.82, 2.24) is 0 Å². The molecule has 4 aliphatic rings. The Morgan fingerprint density at radius 3 is 2.67 bits per heavy atom. The average molecular weight is 332 g/mol. The molecule has 0 aromatic heterocycles. The maximum absolute atomic E-state index is 11.4. The second kappa shape index (κ2) is 5.59. The van der Waals surface area contributed by atoms with E-state index in [1.807, 2.05) is 0 Å². The molecular formula is C21H32O3. The number of aliphatic hydroxyl groups is 1. The summed E-state index contributed by atoms with van der Waals surface area (Å²) >= 11 is 0. The molecule has 1 N–H and O–H groups in total. The second-order valence-corrected chi connectivity index (χ2v) is 9.44. The van der Waals surface area contributed by atoms with E-state index in [0.29, 0.717) is 17.3 Å². The Hall–Kier alpha value is -0.830. The van der Waals surface area contributed by atoms with Gasteiger partial charge in [0.2, 0.25) is 0 Å². The molecule has 24 heavy (non-hydrogen) atoms. The number of allylic oxidation sites excluding steroid dienone is 2. The van der Waals surface area contributed by atoms with Crippen LogP contribution in [0.25, 0.3) is 0 Å². The van der Waals surface area contributed by atoms with Crippen LogP contribution in [0.3, 0.4) is 0 Å². The molecular weight excluding hydrogens is 300 g/mol. The van der Waals surface area contributed by atoms with Crippen molar-refractivity contribution in [2.45, 2.75) is 77.9 Å². The third-order valence-corrected chi connectivity index (χ3v) is 8.48. The standard InChI is InChI=1S/C21H32O3/c1-13(22)24-18-12-17-15-8-7-14-6-4-5-10-20(14,2)16(15)9-11-21(17,3)19(18)23/h4-5,14-19,23H,6-12H2,1-3H3/t14?,15?,16?,17?,18-,19+,20?,21?/m1/s1. The van der Waals surface area contributed by atoms with Crippen molar-refractivity contribution < 1.29 is 14.6 Å². The van der Waals surface area contributed by atoms with E-state index in [1.54, 1.807) is 0 Å². The van der Waals surface area contributed by atoms with Crippen LogP contribution < -0.4 is 0 Å². The number of fused-ring (bicyclic) bond motifs is 5. The molecule has 0 heterocycles. The molecule has 0 aromatic rings. The number of carbonyl (C=O) groups is 1. The smallest absolute Gasteiger partial charge is 0.302 e. The van der Waals surface area contributed by atoms with Gasteiger partial charge < -0.3 is 9.84 Å². The van der Waals surface area contributed by atoms with Crippen LogP contribution in [-0.4, -0.2) is 23.3 Å². The van der Waals surface area contributed by atoms with E-state index in [-0.39, 0.29) is 17.5 Å². The van der Waals surface area contributed by atoms with Gasteiger partial charge in [-0.05, 0) is 74.0 Å². The van der Waals surface area contributed by atoms with E-state index in [2.05, 4.69) is 26.0 Å². The Morgan fingerprint density at radius 1 is 1.12 bits per heavy atom. The van der Waals surface area contributed by atoms with E-state index in [4.69, 9.17) is 4.74 Å². The fourth-order valence-corrected chi connectivity index (χ4v) is 7.13. The first kappa shape index (κ1) is 16.6. The highest BCUT2D eigenvalue weighted by atomic mass is 16.6. The number of carbonyl (C=O) groups excluding carboxylic acids is 1. The monoisotopic (exact) mass is 332 g/mol. The van der Waals surface area contributed by atoms with Gasteiger partial charge in [0.05, 0.1) is 6.10 Å². The SMILES string of the molecule is CC(=O)O[C@@H]1CC2C3CCC4CC=CCC4(C)C3CCC2(C)[C@H]1O. The van der Waals surface area contributed by atoms with E-state index >= 15 is 0 Å². The zero-order valence-electron chi connectivity index (χ0n) is 15.3. The number of esters is 1. The van der Waals surface area contributed by atoms with Crippen LogP contribution in [0.1, 0.15) is 65.7 Å². The number of rotatable bonds is 1. The van der Waals surface area contributed by atoms with Gasteiger partial charge in [-0.1, -0.05) is 26.0 Å². The van der Waals surface area contributed by atoms with Crippen molar-refractivity contribution >= 4 is 5.97 Å². The summed E-state index contributed by atoms with van der Waals surface area (Å²) in [7, 11) is 0. The molecule has 0 amide bonds. The molecule has 134 valence electrons. The molecule has 8 atom stereocenters. The topological polar surface area (TPSA) is 46.5 Å². The van der Waals surface area contributed by atoms with Gasteiger partial charge in [-0.2, -0.15) is 0 Å². The molecule has 0 aromatic carbocycles. The lowest BCUT2D eigenvalue weighted by atomic mass is 9.46. The van der Waals surface area contributed by atoms with Crippen LogP contribution in [-0.2, 0) is 9.53 Å². The van der Waals surface area contributed by atoms with Gasteiger partial charge in [0, 0.05) is 12.3 Å². The van der Waals surface area contributed by atoms with Crippen LogP contribution in [0, 0.1) is 34.5 Å². The Morgan fingerprint density at radius 2 is 1.92 bits per heavy atom. The molecule has 3 fully saturated rings. The third kappa shape index (κ3) is 2.23. The molecule has 3 nitrogen and oxygen atoms in total. The molecule has 0 spiro atoms. The van der Waals surface area contributed by atoms with Crippen LogP contribution in [0.15, 0.2) is 12.2 Å². The highest BCUT2D eigenvalue weighted by Gasteiger charge is 2.62. The number of aliphatic hydroxyl groups excluding tert-OH is 1. The van der Waals surface area contributed by atoms with Crippen molar-refractivity contribution in [3.05, 3.63) is 12.2 Å². The van der Waals surface area contributed by atoms with Crippen molar-refractivity contribution in [2.24, 2.45) is 34.5 Å². The minimum atomic E-state index is -0.496. The van der Waals surface area contributed by atoms with E-state index in [0.717, 1.165) is 24.7 Å². The Balaban J connectivity index is 1.62. The summed E-state index contributed by atoms with van der Waals surface area (Å²) in [6.45, 7) is 6.23. The molecule has 0 saturated heterocycles. The lowest BCUT2D eigenvalue weighted by molar-refractivity contribution is -0.154. The lowest BCUT2D eigenvalue weighted by Crippen LogP contribution is -2.53. The van der Waals surface area contributed by atoms with Crippen LogP contribution in [0.5, 0.6) is 0 Å². The summed E-state index contributed by atoms with van der Waals surface area (Å²) in [6.07, 6.45) is 12.2. The first-order valence-electron chi connectivity index (χ1n) is 9.86. The maximum Gasteiger partial charge on any atom is 0.302 e. The molecule has 4 rings (SSSR count). The molecule has 0 radical (unpaired) electrons. The summed E-state index contributed by atoms with van der Waals surface area (Å²) < 4.78 is 5.49. The van der Waals surface area contributed by atoms with Gasteiger partial charge in [-0.15, -0.1) is 0 Å². The molecule has 0 aliphatic heterocycles. The number of ether oxygens (including phenoxy) is 1. The van der Waals surface area contributed by atoms with Crippen LogP contribution in [0.4, 0.5) is 0 Å². The van der Waals surface area contributed by atoms with Gasteiger partial charge in [0.15, 0.2) is 0 Å². The first-order chi connectivity index (χ1) is 11.4. The normalized spacial score (nSPS) is 53.0. The van der Waals surface area contributed by atoms with Crippen molar-refractivity contribution in [1.29, 1.82) is 0 Å². The molecule has 3 saturated carbocycles. The van der Waals surface area contributed by atoms with Gasteiger partial charge >= 0.3 is 5.97 Å². The summed E-state index contributed by atoms with van der Waals surface area (Å²) in [6, 6.07) is 0. The summed E-state index contributed by atoms with van der Waals surface area (Å²) in [5, 5.41) is 10.9. The third-order valence-electron chi connectivity index (χ3n) is 8.48. The number of hydrogen-bond donors (Lipinski definition) is 1. The average Bonchev–Trinajstić information content (AvgIpc) is 2.78. The highest BCUT2D eigenvalue weighted by Crippen LogP contribution is 2.65. The fourth-order valence-electron chi connectivity index (χ4n) is 7.13. The number of hydrogen-bond acceptors (Lipinski definition) is 3. The maximum atomic E-state index is 11.4. The fraction of sp³-hybridized carbons (Fsp3) is 0.857. The van der Waals surface area contributed by atoms with Gasteiger partial charge in [-0.25, -0.2) is 0 Å². The predicted molar refractivity (Wildman–Crippen MR) is 93.2 cm³/mol. The zero-order chi connectivity index (χ0) is 17.1. The Bertz CT molecular complexity index is 555. The second-order valence-electron chi connectivity index (χ2n) is 9.44. The van der Waals surface area contributed by atoms with E-state index < -0.39 is 6.10 Å². The van der Waals surface area contributed by atoms with Crippen molar-refractivity contribution in [3.8, 4) is 0 Å². The summed E-state index contributed by atoms with van der Waals surface area (Å²) in [4.78, 5) is 11.4. The molecule has 3 heteroatoms. The van der Waals surface area contributed by atoms with Crippen molar-refractivity contribution in [3.63, 3.8) is 0 Å². The van der Waals surface area contributed by atoms with Gasteiger partial charge in [-0.3, -0.25) is 4.79 Å². The Kier molecular flexibility index (Phi) is 3.87. The highest BCUT2D eigenvalue weighted by molar-refractivity contribution is 5.66. The quantitative estimate of drug-likeness (QED) is 0.581. The van der Waals surface area contributed by atoms with Crippen LogP contribution in [0.2, 0.25) is 0 Å². The minimum absolute atomic E-state index is 0.0744. The van der Waals surface area contributed by atoms with Crippen molar-refractivity contribution in [2.75, 3.05) is 0 Å². The summed E-state index contributed by atoms with van der Waals surface area (Å²) in [5.41, 5.74) is 0.360. The van der Waals surface area contributed by atoms with E-state index in [9.17, 15) is 9.90 Å². The van der Waals surface area contributed by atoms with Gasteiger partial charge in [0.25, 0.3) is 0 Å². The molecule has 4 aliphatic carbocycles. The lowest BCUT2D eigenvalue weighted by Gasteiger charge is -2.59.